The zero-order chi connectivity index (χ0) is 22.6. The van der Waals surface area contributed by atoms with E-state index >= 15 is 0 Å². The topological polar surface area (TPSA) is 84.5 Å². The van der Waals surface area contributed by atoms with Crippen molar-refractivity contribution in [3.8, 4) is 5.75 Å². The minimum absolute atomic E-state index is 0.128. The number of amides is 1. The van der Waals surface area contributed by atoms with Gasteiger partial charge in [-0.25, -0.2) is 8.42 Å². The van der Waals surface area contributed by atoms with Crippen LogP contribution in [0.1, 0.15) is 34.0 Å². The van der Waals surface area contributed by atoms with Crippen LogP contribution < -0.4 is 14.8 Å². The maximum absolute atomic E-state index is 12.6. The van der Waals surface area contributed by atoms with Crippen molar-refractivity contribution in [1.29, 1.82) is 0 Å². The Hall–Kier alpha value is -3.32. The zero-order valence-electron chi connectivity index (χ0n) is 18.0. The first-order valence-electron chi connectivity index (χ1n) is 9.94. The Bertz CT molecular complexity index is 1160. The molecule has 0 atom stereocenters. The van der Waals surface area contributed by atoms with Gasteiger partial charge in [-0.3, -0.25) is 9.52 Å². The summed E-state index contributed by atoms with van der Waals surface area (Å²) < 4.78 is 33.1. The lowest BCUT2D eigenvalue weighted by Crippen LogP contribution is -2.15. The summed E-state index contributed by atoms with van der Waals surface area (Å²) in [5.74, 6) is 0.354. The average Bonchev–Trinajstić information content (AvgIpc) is 2.71. The van der Waals surface area contributed by atoms with Crippen LogP contribution in [0.25, 0.3) is 0 Å². The second kappa shape index (κ2) is 9.22. The summed E-state index contributed by atoms with van der Waals surface area (Å²) in [5.41, 5.74) is 4.71. The highest BCUT2D eigenvalue weighted by molar-refractivity contribution is 7.92. The molecule has 6 nitrogen and oxygen atoms in total. The molecule has 0 aromatic heterocycles. The van der Waals surface area contributed by atoms with Gasteiger partial charge >= 0.3 is 0 Å². The van der Waals surface area contributed by atoms with Gasteiger partial charge in [0.2, 0.25) is 0 Å². The molecule has 162 valence electrons. The van der Waals surface area contributed by atoms with Crippen molar-refractivity contribution >= 4 is 27.3 Å². The fourth-order valence-corrected chi connectivity index (χ4v) is 4.41. The van der Waals surface area contributed by atoms with Crippen molar-refractivity contribution in [3.63, 3.8) is 0 Å². The predicted octanol–water partition coefficient (Wildman–Crippen LogP) is 5.06. The summed E-state index contributed by atoms with van der Waals surface area (Å²) in [5, 5.41) is 2.94. The minimum Gasteiger partial charge on any atom is -0.494 e. The van der Waals surface area contributed by atoms with Gasteiger partial charge in [0.1, 0.15) is 5.75 Å². The highest BCUT2D eigenvalue weighted by Gasteiger charge is 2.15. The molecule has 0 aliphatic carbocycles. The fraction of sp³-hybridized carbons (Fsp3) is 0.208. The standard InChI is InChI=1S/C24H26N2O4S/c1-5-30-21-10-12-22(13-11-21)31(28,29)26-20-8-6-19(7-9-20)24(27)25-23-17(3)14-16(2)15-18(23)4/h6-15,26H,5H2,1-4H3,(H,25,27). The van der Waals surface area contributed by atoms with Gasteiger partial charge in [0.25, 0.3) is 15.9 Å². The van der Waals surface area contributed by atoms with E-state index in [1.165, 1.54) is 12.1 Å². The number of anilines is 2. The monoisotopic (exact) mass is 438 g/mol. The normalized spacial score (nSPS) is 11.1. The molecule has 0 radical (unpaired) electrons. The van der Waals surface area contributed by atoms with Gasteiger partial charge in [0, 0.05) is 16.9 Å². The van der Waals surface area contributed by atoms with Crippen LogP contribution in [0.2, 0.25) is 0 Å². The first kappa shape index (κ1) is 22.4. The molecule has 0 aliphatic heterocycles. The van der Waals surface area contributed by atoms with Gasteiger partial charge < -0.3 is 10.1 Å². The summed E-state index contributed by atoms with van der Waals surface area (Å²) in [6.45, 7) is 8.29. The van der Waals surface area contributed by atoms with Gasteiger partial charge in [0.15, 0.2) is 0 Å². The first-order valence-corrected chi connectivity index (χ1v) is 11.4. The van der Waals surface area contributed by atoms with E-state index in [1.54, 1.807) is 36.4 Å². The molecular weight excluding hydrogens is 412 g/mol. The van der Waals surface area contributed by atoms with E-state index < -0.39 is 10.0 Å². The molecule has 0 heterocycles. The smallest absolute Gasteiger partial charge is 0.261 e. The maximum atomic E-state index is 12.6. The minimum atomic E-state index is -3.75. The van der Waals surface area contributed by atoms with Gasteiger partial charge in [-0.1, -0.05) is 17.7 Å². The Morgan fingerprint density at radius 2 is 1.48 bits per heavy atom. The lowest BCUT2D eigenvalue weighted by Gasteiger charge is -2.13. The summed E-state index contributed by atoms with van der Waals surface area (Å²) in [6.07, 6.45) is 0. The van der Waals surface area contributed by atoms with E-state index in [4.69, 9.17) is 4.74 Å². The number of carbonyl (C=O) groups is 1. The highest BCUT2D eigenvalue weighted by Crippen LogP contribution is 2.23. The van der Waals surface area contributed by atoms with Crippen LogP contribution in [0, 0.1) is 20.8 Å². The molecule has 2 N–H and O–H groups in total. The highest BCUT2D eigenvalue weighted by atomic mass is 32.2. The molecular formula is C24H26N2O4S. The second-order valence-corrected chi connectivity index (χ2v) is 9.00. The van der Waals surface area contributed by atoms with E-state index in [1.807, 2.05) is 39.8 Å². The van der Waals surface area contributed by atoms with E-state index in [9.17, 15) is 13.2 Å². The molecule has 0 saturated heterocycles. The molecule has 0 bridgehead atoms. The maximum Gasteiger partial charge on any atom is 0.261 e. The lowest BCUT2D eigenvalue weighted by atomic mass is 10.0. The Labute approximate surface area is 183 Å². The third-order valence-electron chi connectivity index (χ3n) is 4.76. The van der Waals surface area contributed by atoms with Crippen molar-refractivity contribution < 1.29 is 17.9 Å². The Morgan fingerprint density at radius 1 is 0.903 bits per heavy atom. The number of sulfonamides is 1. The van der Waals surface area contributed by atoms with Crippen LogP contribution >= 0.6 is 0 Å². The van der Waals surface area contributed by atoms with Crippen molar-refractivity contribution in [2.75, 3.05) is 16.6 Å². The summed E-state index contributed by atoms with van der Waals surface area (Å²) in [7, 11) is -3.75. The van der Waals surface area contributed by atoms with Crippen LogP contribution in [0.5, 0.6) is 5.75 Å². The number of ether oxygens (including phenoxy) is 1. The molecule has 0 aliphatic rings. The Balaban J connectivity index is 1.71. The average molecular weight is 439 g/mol. The number of carbonyl (C=O) groups excluding carboxylic acids is 1. The summed E-state index contributed by atoms with van der Waals surface area (Å²) >= 11 is 0. The zero-order valence-corrected chi connectivity index (χ0v) is 18.8. The molecule has 3 rings (SSSR count). The number of hydrogen-bond donors (Lipinski definition) is 2. The third-order valence-corrected chi connectivity index (χ3v) is 6.16. The molecule has 0 unspecified atom stereocenters. The Kier molecular flexibility index (Phi) is 6.65. The third kappa shape index (κ3) is 5.44. The van der Waals surface area contributed by atoms with Gasteiger partial charge in [-0.2, -0.15) is 0 Å². The van der Waals surface area contributed by atoms with Crippen molar-refractivity contribution in [3.05, 3.63) is 82.9 Å². The Morgan fingerprint density at radius 3 is 2.03 bits per heavy atom. The number of aryl methyl sites for hydroxylation is 3. The molecule has 0 spiro atoms. The molecule has 0 fully saturated rings. The van der Waals surface area contributed by atoms with Crippen molar-refractivity contribution in [2.45, 2.75) is 32.6 Å². The van der Waals surface area contributed by atoms with Crippen LogP contribution in [-0.4, -0.2) is 20.9 Å². The summed E-state index contributed by atoms with van der Waals surface area (Å²) in [4.78, 5) is 12.8. The van der Waals surface area contributed by atoms with Crippen LogP contribution in [0.3, 0.4) is 0 Å². The van der Waals surface area contributed by atoms with Crippen LogP contribution in [0.15, 0.2) is 65.6 Å². The lowest BCUT2D eigenvalue weighted by molar-refractivity contribution is 0.102. The molecule has 0 saturated carbocycles. The number of nitrogens with one attached hydrogen (secondary N) is 2. The fourth-order valence-electron chi connectivity index (χ4n) is 3.35. The first-order chi connectivity index (χ1) is 14.7. The number of rotatable bonds is 7. The van der Waals surface area contributed by atoms with Crippen LogP contribution in [0.4, 0.5) is 11.4 Å². The van der Waals surface area contributed by atoms with Gasteiger partial charge in [-0.05, 0) is 87.4 Å². The largest absolute Gasteiger partial charge is 0.494 e. The van der Waals surface area contributed by atoms with Crippen molar-refractivity contribution in [1.82, 2.24) is 0 Å². The SMILES string of the molecule is CCOc1ccc(S(=O)(=O)Nc2ccc(C(=O)Nc3c(C)cc(C)cc3C)cc2)cc1. The van der Waals surface area contributed by atoms with Gasteiger partial charge in [-0.15, -0.1) is 0 Å². The molecule has 3 aromatic carbocycles. The second-order valence-electron chi connectivity index (χ2n) is 7.32. The molecule has 31 heavy (non-hydrogen) atoms. The van der Waals surface area contributed by atoms with E-state index in [2.05, 4.69) is 10.0 Å². The number of benzene rings is 3. The number of hydrogen-bond acceptors (Lipinski definition) is 4. The molecule has 1 amide bonds. The van der Waals surface area contributed by atoms with E-state index in [-0.39, 0.29) is 10.8 Å². The quantitative estimate of drug-likeness (QED) is 0.540. The summed E-state index contributed by atoms with van der Waals surface area (Å²) in [6, 6.07) is 16.5. The van der Waals surface area contributed by atoms with E-state index in [0.29, 0.717) is 23.6 Å². The molecule has 7 heteroatoms. The van der Waals surface area contributed by atoms with E-state index in [0.717, 1.165) is 22.4 Å². The molecule has 3 aromatic rings. The van der Waals surface area contributed by atoms with Gasteiger partial charge in [0.05, 0.1) is 11.5 Å². The predicted molar refractivity (Wildman–Crippen MR) is 123 cm³/mol. The van der Waals surface area contributed by atoms with Crippen LogP contribution in [-0.2, 0) is 10.0 Å². The van der Waals surface area contributed by atoms with Crippen molar-refractivity contribution in [2.24, 2.45) is 0 Å².